The lowest BCUT2D eigenvalue weighted by Crippen LogP contribution is -2.16. The summed E-state index contributed by atoms with van der Waals surface area (Å²) in [6, 6.07) is 10.3. The minimum absolute atomic E-state index is 0.714. The minimum atomic E-state index is 0.714. The van der Waals surface area contributed by atoms with Crippen LogP contribution < -0.4 is 4.80 Å². The fraction of sp³-hybridized carbons (Fsp3) is 0.235. The summed E-state index contributed by atoms with van der Waals surface area (Å²) in [6.07, 6.45) is 1.71. The Bertz CT molecular complexity index is 810. The summed E-state index contributed by atoms with van der Waals surface area (Å²) in [6.45, 7) is 7.00. The Morgan fingerprint density at radius 1 is 1.19 bits per heavy atom. The smallest absolute Gasteiger partial charge is 0.190 e. The SMILES string of the molecule is Cc1ccc(C)c(N=c2scc(C)n2Cc2ccco2)c1. The number of nitrogens with zero attached hydrogens (tertiary/aromatic N) is 2. The zero-order valence-electron chi connectivity index (χ0n) is 12.5. The van der Waals surface area contributed by atoms with Crippen LogP contribution in [0.25, 0.3) is 0 Å². The minimum Gasteiger partial charge on any atom is -0.467 e. The third-order valence-corrected chi connectivity index (χ3v) is 4.45. The predicted octanol–water partition coefficient (Wildman–Crippen LogP) is 4.35. The molecule has 0 fully saturated rings. The number of hydrogen-bond donors (Lipinski definition) is 0. The molecular formula is C17H18N2OS. The Labute approximate surface area is 128 Å². The van der Waals surface area contributed by atoms with Crippen LogP contribution >= 0.6 is 11.3 Å². The van der Waals surface area contributed by atoms with Crippen molar-refractivity contribution in [3.8, 4) is 0 Å². The number of benzene rings is 1. The molecule has 3 aromatic rings. The molecule has 0 atom stereocenters. The Morgan fingerprint density at radius 2 is 2.05 bits per heavy atom. The second kappa shape index (κ2) is 5.74. The van der Waals surface area contributed by atoms with Crippen molar-refractivity contribution in [3.05, 3.63) is 69.4 Å². The van der Waals surface area contributed by atoms with Crippen LogP contribution in [0.5, 0.6) is 0 Å². The van der Waals surface area contributed by atoms with E-state index in [4.69, 9.17) is 9.41 Å². The number of aryl methyl sites for hydroxylation is 3. The molecule has 1 aromatic carbocycles. The van der Waals surface area contributed by atoms with Crippen LogP contribution in [0, 0.1) is 20.8 Å². The van der Waals surface area contributed by atoms with Crippen LogP contribution in [0.3, 0.4) is 0 Å². The molecule has 108 valence electrons. The standard InChI is InChI=1S/C17H18N2OS/c1-12-6-7-13(2)16(9-12)18-17-19(14(3)11-21-17)10-15-5-4-8-20-15/h4-9,11H,10H2,1-3H3. The van der Waals surface area contributed by atoms with Gasteiger partial charge in [-0.2, -0.15) is 0 Å². The van der Waals surface area contributed by atoms with Crippen molar-refractivity contribution in [2.24, 2.45) is 4.99 Å². The predicted molar refractivity (Wildman–Crippen MR) is 86.0 cm³/mol. The van der Waals surface area contributed by atoms with E-state index in [1.54, 1.807) is 17.6 Å². The number of furan rings is 1. The Kier molecular flexibility index (Phi) is 3.80. The first-order valence-corrected chi connectivity index (χ1v) is 7.81. The number of rotatable bonds is 3. The van der Waals surface area contributed by atoms with Crippen molar-refractivity contribution in [3.63, 3.8) is 0 Å². The first-order chi connectivity index (χ1) is 10.1. The van der Waals surface area contributed by atoms with Crippen molar-refractivity contribution < 1.29 is 4.42 Å². The summed E-state index contributed by atoms with van der Waals surface area (Å²) in [5.74, 6) is 0.943. The lowest BCUT2D eigenvalue weighted by atomic mass is 10.1. The molecule has 0 aliphatic rings. The molecule has 0 amide bonds. The number of hydrogen-bond acceptors (Lipinski definition) is 3. The first-order valence-electron chi connectivity index (χ1n) is 6.93. The molecule has 0 aliphatic heterocycles. The second-order valence-electron chi connectivity index (χ2n) is 5.23. The zero-order valence-corrected chi connectivity index (χ0v) is 13.3. The largest absolute Gasteiger partial charge is 0.467 e. The van der Waals surface area contributed by atoms with Gasteiger partial charge in [0, 0.05) is 11.1 Å². The van der Waals surface area contributed by atoms with Gasteiger partial charge in [0.15, 0.2) is 4.80 Å². The molecule has 2 aromatic heterocycles. The highest BCUT2D eigenvalue weighted by Crippen LogP contribution is 2.19. The third-order valence-electron chi connectivity index (χ3n) is 3.47. The van der Waals surface area contributed by atoms with Gasteiger partial charge in [0.05, 0.1) is 18.5 Å². The molecule has 0 N–H and O–H groups in total. The molecule has 2 heterocycles. The maximum atomic E-state index is 5.45. The quantitative estimate of drug-likeness (QED) is 0.707. The van der Waals surface area contributed by atoms with E-state index in [2.05, 4.69) is 48.9 Å². The molecule has 0 spiro atoms. The first kappa shape index (κ1) is 13.9. The van der Waals surface area contributed by atoms with Crippen molar-refractivity contribution in [2.45, 2.75) is 27.3 Å². The van der Waals surface area contributed by atoms with Gasteiger partial charge in [-0.05, 0) is 50.1 Å². The Hall–Kier alpha value is -2.07. The molecule has 0 saturated heterocycles. The van der Waals surface area contributed by atoms with Gasteiger partial charge in [0.2, 0.25) is 0 Å². The van der Waals surface area contributed by atoms with Crippen molar-refractivity contribution in [1.29, 1.82) is 0 Å². The summed E-state index contributed by atoms with van der Waals surface area (Å²) >= 11 is 1.66. The van der Waals surface area contributed by atoms with E-state index >= 15 is 0 Å². The highest BCUT2D eigenvalue weighted by atomic mass is 32.1. The van der Waals surface area contributed by atoms with E-state index in [1.165, 1.54) is 16.8 Å². The summed E-state index contributed by atoms with van der Waals surface area (Å²) in [4.78, 5) is 5.84. The van der Waals surface area contributed by atoms with Gasteiger partial charge >= 0.3 is 0 Å². The van der Waals surface area contributed by atoms with Crippen LogP contribution in [0.4, 0.5) is 5.69 Å². The molecule has 0 unspecified atom stereocenters. The third kappa shape index (κ3) is 3.00. The van der Waals surface area contributed by atoms with Gasteiger partial charge < -0.3 is 8.98 Å². The molecule has 3 rings (SSSR count). The summed E-state index contributed by atoms with van der Waals surface area (Å²) in [5, 5.41) is 2.13. The van der Waals surface area contributed by atoms with E-state index in [9.17, 15) is 0 Å². The van der Waals surface area contributed by atoms with Gasteiger partial charge in [-0.1, -0.05) is 12.1 Å². The zero-order chi connectivity index (χ0) is 14.8. The highest BCUT2D eigenvalue weighted by molar-refractivity contribution is 7.07. The highest BCUT2D eigenvalue weighted by Gasteiger charge is 2.05. The van der Waals surface area contributed by atoms with Crippen LogP contribution in [0.1, 0.15) is 22.6 Å². The monoisotopic (exact) mass is 298 g/mol. The van der Waals surface area contributed by atoms with E-state index in [1.807, 2.05) is 12.1 Å². The molecule has 21 heavy (non-hydrogen) atoms. The summed E-state index contributed by atoms with van der Waals surface area (Å²) in [7, 11) is 0. The molecule has 4 heteroatoms. The van der Waals surface area contributed by atoms with Gasteiger partial charge in [-0.15, -0.1) is 11.3 Å². The van der Waals surface area contributed by atoms with E-state index in [0.717, 1.165) is 16.2 Å². The van der Waals surface area contributed by atoms with Crippen LogP contribution in [0.2, 0.25) is 0 Å². The average Bonchev–Trinajstić information content (AvgIpc) is 3.08. The molecule has 0 bridgehead atoms. The van der Waals surface area contributed by atoms with E-state index < -0.39 is 0 Å². The maximum absolute atomic E-state index is 5.45. The molecule has 0 radical (unpaired) electrons. The average molecular weight is 298 g/mol. The lowest BCUT2D eigenvalue weighted by Gasteiger charge is -2.05. The fourth-order valence-electron chi connectivity index (χ4n) is 2.20. The topological polar surface area (TPSA) is 30.4 Å². The van der Waals surface area contributed by atoms with E-state index in [-0.39, 0.29) is 0 Å². The van der Waals surface area contributed by atoms with Gasteiger partial charge in [-0.3, -0.25) is 0 Å². The second-order valence-corrected chi connectivity index (χ2v) is 6.06. The van der Waals surface area contributed by atoms with Gasteiger partial charge in [0.1, 0.15) is 5.76 Å². The lowest BCUT2D eigenvalue weighted by molar-refractivity contribution is 0.488. The fourth-order valence-corrected chi connectivity index (χ4v) is 3.09. The summed E-state index contributed by atoms with van der Waals surface area (Å²) < 4.78 is 7.64. The van der Waals surface area contributed by atoms with Crippen molar-refractivity contribution in [2.75, 3.05) is 0 Å². The molecule has 3 nitrogen and oxygen atoms in total. The normalized spacial score (nSPS) is 12.0. The van der Waals surface area contributed by atoms with E-state index in [0.29, 0.717) is 6.54 Å². The van der Waals surface area contributed by atoms with Gasteiger partial charge in [-0.25, -0.2) is 4.99 Å². The van der Waals surface area contributed by atoms with Crippen LogP contribution in [-0.4, -0.2) is 4.57 Å². The number of aromatic nitrogens is 1. The molecular weight excluding hydrogens is 280 g/mol. The molecule has 0 saturated carbocycles. The van der Waals surface area contributed by atoms with Crippen LogP contribution in [-0.2, 0) is 6.54 Å². The maximum Gasteiger partial charge on any atom is 0.190 e. The Morgan fingerprint density at radius 3 is 2.81 bits per heavy atom. The van der Waals surface area contributed by atoms with Crippen LogP contribution in [0.15, 0.2) is 51.4 Å². The van der Waals surface area contributed by atoms with Crippen molar-refractivity contribution >= 4 is 17.0 Å². The number of thiazole rings is 1. The van der Waals surface area contributed by atoms with Gasteiger partial charge in [0.25, 0.3) is 0 Å². The summed E-state index contributed by atoms with van der Waals surface area (Å²) in [5.41, 5.74) is 4.65. The molecule has 0 aliphatic carbocycles. The van der Waals surface area contributed by atoms with Crippen molar-refractivity contribution in [1.82, 2.24) is 4.57 Å². The Balaban J connectivity index is 2.06.